The number of ketones is 1. The van der Waals surface area contributed by atoms with Crippen LogP contribution in [0.5, 0.6) is 0 Å². The summed E-state index contributed by atoms with van der Waals surface area (Å²) in [5.41, 5.74) is 13.7. The highest BCUT2D eigenvalue weighted by atomic mass is 35.5. The SMILES string of the molecule is CCOC(=O)c1cc(C(=O)Cc2ccccc2C)c[nH]1.CCOC(=O)c1cc(CCc2ccccc2C)c[nH]1.CCOC(=O)c1ccc[nH]1.Cc1ccccc1CC(=O)Cl.Cc1ccccc1CCc1c[nH]c(C(=O)O)c1. The molecule has 0 bridgehead atoms. The molecule has 8 rings (SSSR count). The molecular weight excluding hydrogens is 996 g/mol. The normalized spacial score (nSPS) is 10.1. The number of aromatic carboxylic acids is 1. The minimum Gasteiger partial charge on any atom is -0.477 e. The van der Waals surface area contributed by atoms with Crippen LogP contribution in [0.2, 0.25) is 0 Å². The Morgan fingerprint density at radius 3 is 1.23 bits per heavy atom. The fourth-order valence-corrected chi connectivity index (χ4v) is 7.69. The van der Waals surface area contributed by atoms with Gasteiger partial charge < -0.3 is 39.3 Å². The largest absolute Gasteiger partial charge is 0.477 e. The van der Waals surface area contributed by atoms with Gasteiger partial charge in [-0.15, -0.1) is 0 Å². The molecule has 15 heteroatoms. The zero-order valence-corrected chi connectivity index (χ0v) is 45.6. The van der Waals surface area contributed by atoms with Crippen LogP contribution in [0, 0.1) is 27.7 Å². The number of aromatic amines is 4. The lowest BCUT2D eigenvalue weighted by atomic mass is 10.0. The summed E-state index contributed by atoms with van der Waals surface area (Å²) in [4.78, 5) is 78.6. The Kier molecular flexibility index (Phi) is 26.0. The van der Waals surface area contributed by atoms with Gasteiger partial charge >= 0.3 is 23.9 Å². The molecule has 0 aliphatic carbocycles. The third-order valence-electron chi connectivity index (χ3n) is 11.9. The highest BCUT2D eigenvalue weighted by Gasteiger charge is 2.15. The first-order chi connectivity index (χ1) is 37.0. The van der Waals surface area contributed by atoms with Crippen molar-refractivity contribution >= 4 is 46.5 Å². The van der Waals surface area contributed by atoms with Crippen molar-refractivity contribution < 1.29 is 48.1 Å². The van der Waals surface area contributed by atoms with E-state index in [1.165, 1.54) is 22.3 Å². The van der Waals surface area contributed by atoms with Gasteiger partial charge in [-0.25, -0.2) is 19.2 Å². The van der Waals surface area contributed by atoms with E-state index >= 15 is 0 Å². The van der Waals surface area contributed by atoms with Crippen molar-refractivity contribution in [3.05, 3.63) is 236 Å². The van der Waals surface area contributed by atoms with Crippen LogP contribution in [0.3, 0.4) is 0 Å². The average molecular weight is 1070 g/mol. The fraction of sp³-hybridized carbons (Fsp3) is 0.258. The van der Waals surface area contributed by atoms with E-state index in [-0.39, 0.29) is 28.7 Å². The number of carbonyl (C=O) groups is 6. The molecule has 0 saturated carbocycles. The number of hydrogen-bond donors (Lipinski definition) is 5. The van der Waals surface area contributed by atoms with Gasteiger partial charge in [0.15, 0.2) is 5.78 Å². The maximum atomic E-state index is 12.2. The van der Waals surface area contributed by atoms with Crippen molar-refractivity contribution in [1.29, 1.82) is 0 Å². The summed E-state index contributed by atoms with van der Waals surface area (Å²) in [5.74, 6) is -1.96. The molecule has 4 aromatic heterocycles. The number of carboxylic acid groups (broad SMARTS) is 1. The number of ether oxygens (including phenoxy) is 3. The molecule has 0 spiro atoms. The molecule has 0 aliphatic heterocycles. The number of carboxylic acids is 1. The molecule has 0 unspecified atom stereocenters. The maximum absolute atomic E-state index is 12.2. The zero-order valence-electron chi connectivity index (χ0n) is 44.8. The number of rotatable bonds is 18. The van der Waals surface area contributed by atoms with Gasteiger partial charge in [0.05, 0.1) is 19.8 Å². The van der Waals surface area contributed by atoms with Crippen molar-refractivity contribution in [3.8, 4) is 0 Å². The molecule has 4 aromatic carbocycles. The van der Waals surface area contributed by atoms with E-state index < -0.39 is 11.9 Å². The second-order valence-electron chi connectivity index (χ2n) is 17.5. The molecule has 0 radical (unpaired) electrons. The summed E-state index contributed by atoms with van der Waals surface area (Å²) in [7, 11) is 0. The highest BCUT2D eigenvalue weighted by molar-refractivity contribution is 6.63. The Balaban J connectivity index is 0.000000213. The highest BCUT2D eigenvalue weighted by Crippen LogP contribution is 2.16. The van der Waals surface area contributed by atoms with Crippen molar-refractivity contribution in [3.63, 3.8) is 0 Å². The Morgan fingerprint density at radius 2 is 0.831 bits per heavy atom. The number of nitrogens with one attached hydrogen (secondary N) is 4. The topological polar surface area (TPSA) is 213 Å². The molecule has 404 valence electrons. The van der Waals surface area contributed by atoms with Crippen LogP contribution in [0.15, 0.2) is 152 Å². The van der Waals surface area contributed by atoms with Crippen molar-refractivity contribution in [2.75, 3.05) is 19.8 Å². The van der Waals surface area contributed by atoms with Crippen molar-refractivity contribution in [2.24, 2.45) is 0 Å². The fourth-order valence-electron chi connectivity index (χ4n) is 7.55. The zero-order chi connectivity index (χ0) is 56.1. The third kappa shape index (κ3) is 21.3. The van der Waals surface area contributed by atoms with E-state index in [1.54, 1.807) is 63.6 Å². The van der Waals surface area contributed by atoms with Gasteiger partial charge in [0.25, 0.3) is 0 Å². The predicted molar refractivity (Wildman–Crippen MR) is 300 cm³/mol. The molecule has 0 atom stereocenters. The molecule has 0 saturated heterocycles. The smallest absolute Gasteiger partial charge is 0.354 e. The van der Waals surface area contributed by atoms with Crippen LogP contribution in [0.25, 0.3) is 0 Å². The van der Waals surface area contributed by atoms with Gasteiger partial charge in [0.2, 0.25) is 5.24 Å². The molecular formula is C62H69ClN4O10. The molecule has 4 heterocycles. The number of aromatic nitrogens is 4. The predicted octanol–water partition coefficient (Wildman–Crippen LogP) is 12.5. The minimum atomic E-state index is -0.910. The van der Waals surface area contributed by atoms with Gasteiger partial charge in [-0.1, -0.05) is 97.1 Å². The Morgan fingerprint density at radius 1 is 0.442 bits per heavy atom. The number of aryl methyl sites for hydroxylation is 8. The summed E-state index contributed by atoms with van der Waals surface area (Å²) >= 11 is 5.25. The van der Waals surface area contributed by atoms with E-state index in [0.717, 1.165) is 59.1 Å². The average Bonchev–Trinajstić information content (AvgIpc) is 4.28. The van der Waals surface area contributed by atoms with Crippen LogP contribution in [0.1, 0.15) is 129 Å². The summed E-state index contributed by atoms with van der Waals surface area (Å²) in [6.07, 6.45) is 11.2. The molecule has 5 N–H and O–H groups in total. The number of Topliss-reactive ketones (excluding diaryl/α,β-unsaturated/α-hetero) is 1. The molecule has 8 aromatic rings. The van der Waals surface area contributed by atoms with Gasteiger partial charge in [0, 0.05) is 43.2 Å². The second-order valence-corrected chi connectivity index (χ2v) is 18.0. The van der Waals surface area contributed by atoms with E-state index in [9.17, 15) is 28.8 Å². The monoisotopic (exact) mass is 1060 g/mol. The number of esters is 3. The van der Waals surface area contributed by atoms with Crippen LogP contribution in [0.4, 0.5) is 0 Å². The lowest BCUT2D eigenvalue weighted by molar-refractivity contribution is -0.111. The summed E-state index contributed by atoms with van der Waals surface area (Å²) in [5, 5.41) is 8.49. The molecule has 14 nitrogen and oxygen atoms in total. The third-order valence-corrected chi connectivity index (χ3v) is 12.0. The van der Waals surface area contributed by atoms with E-state index in [4.69, 9.17) is 30.9 Å². The van der Waals surface area contributed by atoms with Crippen LogP contribution in [-0.2, 0) is 57.5 Å². The molecule has 0 fully saturated rings. The molecule has 0 aliphatic rings. The van der Waals surface area contributed by atoms with Crippen molar-refractivity contribution in [1.82, 2.24) is 19.9 Å². The Bertz CT molecular complexity index is 3130. The maximum Gasteiger partial charge on any atom is 0.354 e. The van der Waals surface area contributed by atoms with Crippen LogP contribution in [-0.4, -0.2) is 79.8 Å². The molecule has 0 amide bonds. The molecule has 77 heavy (non-hydrogen) atoms. The number of hydrogen-bond acceptors (Lipinski definition) is 9. The lowest BCUT2D eigenvalue weighted by Gasteiger charge is -2.03. The van der Waals surface area contributed by atoms with E-state index in [2.05, 4.69) is 64.1 Å². The van der Waals surface area contributed by atoms with Crippen molar-refractivity contribution in [2.45, 2.75) is 87.0 Å². The first-order valence-corrected chi connectivity index (χ1v) is 25.7. The number of carbonyl (C=O) groups excluding carboxylic acids is 5. The summed E-state index contributed by atoms with van der Waals surface area (Å²) in [6.45, 7) is 14.6. The number of halogens is 1. The standard InChI is InChI=1S/C16H17NO3.C16H19NO2.C14H15NO2.C9H9ClO.C7H9NO2/c1-3-20-16(19)14-8-13(10-17-14)15(18)9-12-7-5-4-6-11(12)2;1-3-19-16(18)15-10-13(11-17-15)8-9-14-7-5-4-6-12(14)2;1-10-4-2-3-5-12(10)7-6-11-8-13(14(16)17)15-9-11;1-7-4-2-3-5-8(7)6-9(10)11;1-2-10-7(9)6-4-3-5-8-6/h4-8,10,17H,3,9H2,1-2H3;4-7,10-11,17H,3,8-9H2,1-2H3;2-5,8-9,15H,6-7H2,1H3,(H,16,17);2-5H,6H2,1H3;3-5,8H,2H2,1H3. The summed E-state index contributed by atoms with van der Waals surface area (Å²) in [6, 6.07) is 40.7. The Hall–Kier alpha value is -8.49. The quantitative estimate of drug-likeness (QED) is 0.0237. The number of H-pyrrole nitrogens is 4. The van der Waals surface area contributed by atoms with E-state index in [0.29, 0.717) is 55.3 Å². The lowest BCUT2D eigenvalue weighted by Crippen LogP contribution is -2.05. The van der Waals surface area contributed by atoms with Gasteiger partial charge in [-0.3, -0.25) is 9.59 Å². The first-order valence-electron chi connectivity index (χ1n) is 25.3. The first kappa shape index (κ1) is 61.1. The van der Waals surface area contributed by atoms with Gasteiger partial charge in [-0.05, 0) is 172 Å². The van der Waals surface area contributed by atoms with Crippen LogP contribution < -0.4 is 0 Å². The van der Waals surface area contributed by atoms with Crippen LogP contribution >= 0.6 is 11.6 Å². The summed E-state index contributed by atoms with van der Waals surface area (Å²) < 4.78 is 14.5. The Labute approximate surface area is 455 Å². The van der Waals surface area contributed by atoms with Gasteiger partial charge in [0.1, 0.15) is 22.8 Å². The minimum absolute atomic E-state index is 0.0221. The van der Waals surface area contributed by atoms with Gasteiger partial charge in [-0.2, -0.15) is 0 Å². The van der Waals surface area contributed by atoms with E-state index in [1.807, 2.05) is 92.8 Å². The number of benzene rings is 4. The second kappa shape index (κ2) is 32.7.